The number of aryl methyl sites for hydroxylation is 2. The van der Waals surface area contributed by atoms with E-state index in [1.807, 2.05) is 11.7 Å². The molecule has 0 atom stereocenters. The molecule has 2 heterocycles. The van der Waals surface area contributed by atoms with E-state index in [9.17, 15) is 0 Å². The van der Waals surface area contributed by atoms with Crippen molar-refractivity contribution >= 4 is 5.69 Å². The first-order chi connectivity index (χ1) is 9.15. The molecule has 0 fully saturated rings. The standard InChI is InChI=1S/C15H20N4/c1-10(2)14-17-15(19(3)18-14)12-6-7-13-11(9-12)5-4-8-16-13/h6-7,9-10,16H,4-5,8H2,1-3H3. The number of anilines is 1. The van der Waals surface area contributed by atoms with Gasteiger partial charge in [-0.3, -0.25) is 0 Å². The molecule has 0 radical (unpaired) electrons. The van der Waals surface area contributed by atoms with Crippen molar-refractivity contribution in [2.45, 2.75) is 32.6 Å². The van der Waals surface area contributed by atoms with E-state index in [2.05, 4.69) is 47.4 Å². The molecule has 0 saturated carbocycles. The van der Waals surface area contributed by atoms with Gasteiger partial charge in [-0.15, -0.1) is 0 Å². The van der Waals surface area contributed by atoms with Crippen LogP contribution >= 0.6 is 0 Å². The minimum absolute atomic E-state index is 0.360. The van der Waals surface area contributed by atoms with Crippen LogP contribution in [0.15, 0.2) is 18.2 Å². The third-order valence-corrected chi connectivity index (χ3v) is 3.60. The summed E-state index contributed by atoms with van der Waals surface area (Å²) in [6, 6.07) is 6.54. The minimum Gasteiger partial charge on any atom is -0.385 e. The number of benzene rings is 1. The van der Waals surface area contributed by atoms with Crippen LogP contribution in [0.3, 0.4) is 0 Å². The SMILES string of the molecule is CC(C)c1nc(-c2ccc3c(c2)CCCN3)n(C)n1. The van der Waals surface area contributed by atoms with Gasteiger partial charge in [-0.2, -0.15) is 5.10 Å². The largest absolute Gasteiger partial charge is 0.385 e. The Hall–Kier alpha value is -1.84. The molecule has 1 aliphatic heterocycles. The molecule has 1 aliphatic rings. The minimum atomic E-state index is 0.360. The predicted octanol–water partition coefficient (Wildman–Crippen LogP) is 2.96. The van der Waals surface area contributed by atoms with Gasteiger partial charge in [0, 0.05) is 30.8 Å². The fraction of sp³-hybridized carbons (Fsp3) is 0.467. The van der Waals surface area contributed by atoms with Crippen LogP contribution < -0.4 is 5.32 Å². The van der Waals surface area contributed by atoms with Gasteiger partial charge >= 0.3 is 0 Å². The summed E-state index contributed by atoms with van der Waals surface area (Å²) in [5.41, 5.74) is 3.81. The highest BCUT2D eigenvalue weighted by atomic mass is 15.3. The molecule has 4 heteroatoms. The molecule has 3 rings (SSSR count). The highest BCUT2D eigenvalue weighted by Gasteiger charge is 2.14. The number of rotatable bonds is 2. The Morgan fingerprint density at radius 2 is 2.16 bits per heavy atom. The van der Waals surface area contributed by atoms with Crippen molar-refractivity contribution in [1.29, 1.82) is 0 Å². The molecule has 100 valence electrons. The molecule has 1 N–H and O–H groups in total. The maximum Gasteiger partial charge on any atom is 0.158 e. The van der Waals surface area contributed by atoms with Gasteiger partial charge in [0.05, 0.1) is 0 Å². The van der Waals surface area contributed by atoms with Crippen LogP contribution in [0.1, 0.15) is 37.6 Å². The van der Waals surface area contributed by atoms with Crippen molar-refractivity contribution in [3.05, 3.63) is 29.6 Å². The Bertz CT molecular complexity index is 598. The monoisotopic (exact) mass is 256 g/mol. The quantitative estimate of drug-likeness (QED) is 0.898. The Morgan fingerprint density at radius 3 is 2.89 bits per heavy atom. The maximum absolute atomic E-state index is 4.66. The average molecular weight is 256 g/mol. The van der Waals surface area contributed by atoms with E-state index in [-0.39, 0.29) is 0 Å². The fourth-order valence-corrected chi connectivity index (χ4v) is 2.51. The molecule has 0 aliphatic carbocycles. The van der Waals surface area contributed by atoms with Crippen molar-refractivity contribution in [3.8, 4) is 11.4 Å². The summed E-state index contributed by atoms with van der Waals surface area (Å²) in [7, 11) is 1.96. The van der Waals surface area contributed by atoms with Gasteiger partial charge in [-0.25, -0.2) is 9.67 Å². The molecule has 0 amide bonds. The van der Waals surface area contributed by atoms with Crippen LogP contribution in [0.4, 0.5) is 5.69 Å². The summed E-state index contributed by atoms with van der Waals surface area (Å²) in [5, 5.41) is 7.93. The van der Waals surface area contributed by atoms with E-state index in [0.717, 1.165) is 30.2 Å². The van der Waals surface area contributed by atoms with Gasteiger partial charge in [0.2, 0.25) is 0 Å². The van der Waals surface area contributed by atoms with E-state index in [1.165, 1.54) is 17.7 Å². The highest BCUT2D eigenvalue weighted by molar-refractivity contribution is 5.64. The molecule has 4 nitrogen and oxygen atoms in total. The maximum atomic E-state index is 4.66. The molecule has 19 heavy (non-hydrogen) atoms. The molecule has 0 unspecified atom stereocenters. The molecular weight excluding hydrogens is 236 g/mol. The zero-order chi connectivity index (χ0) is 13.4. The fourth-order valence-electron chi connectivity index (χ4n) is 2.51. The first-order valence-electron chi connectivity index (χ1n) is 6.93. The van der Waals surface area contributed by atoms with Gasteiger partial charge in [0.25, 0.3) is 0 Å². The lowest BCUT2D eigenvalue weighted by atomic mass is 10.0. The van der Waals surface area contributed by atoms with Crippen molar-refractivity contribution in [3.63, 3.8) is 0 Å². The second-order valence-corrected chi connectivity index (χ2v) is 5.47. The number of hydrogen-bond acceptors (Lipinski definition) is 3. The van der Waals surface area contributed by atoms with E-state index in [0.29, 0.717) is 5.92 Å². The lowest BCUT2D eigenvalue weighted by Gasteiger charge is -2.18. The average Bonchev–Trinajstić information content (AvgIpc) is 2.80. The number of nitrogens with one attached hydrogen (secondary N) is 1. The molecule has 0 saturated heterocycles. The molecule has 2 aromatic rings. The zero-order valence-corrected chi connectivity index (χ0v) is 11.8. The first kappa shape index (κ1) is 12.2. The van der Waals surface area contributed by atoms with Crippen molar-refractivity contribution in [2.24, 2.45) is 7.05 Å². The third-order valence-electron chi connectivity index (χ3n) is 3.60. The lowest BCUT2D eigenvalue weighted by Crippen LogP contribution is -2.11. The van der Waals surface area contributed by atoms with Crippen LogP contribution in [-0.2, 0) is 13.5 Å². The van der Waals surface area contributed by atoms with E-state index in [4.69, 9.17) is 0 Å². The second kappa shape index (κ2) is 4.68. The molecule has 0 bridgehead atoms. The summed E-state index contributed by atoms with van der Waals surface area (Å²) in [6.07, 6.45) is 2.34. The van der Waals surface area contributed by atoms with Crippen molar-refractivity contribution < 1.29 is 0 Å². The molecular formula is C15H20N4. The Balaban J connectivity index is 2.02. The topological polar surface area (TPSA) is 42.7 Å². The van der Waals surface area contributed by atoms with Gasteiger partial charge in [-0.1, -0.05) is 13.8 Å². The zero-order valence-electron chi connectivity index (χ0n) is 11.8. The Labute approximate surface area is 113 Å². The normalized spacial score (nSPS) is 14.3. The van der Waals surface area contributed by atoms with Crippen LogP contribution in [0.5, 0.6) is 0 Å². The van der Waals surface area contributed by atoms with E-state index in [1.54, 1.807) is 0 Å². The van der Waals surface area contributed by atoms with Gasteiger partial charge < -0.3 is 5.32 Å². The number of nitrogens with zero attached hydrogens (tertiary/aromatic N) is 3. The summed E-state index contributed by atoms with van der Waals surface area (Å²) in [6.45, 7) is 5.32. The highest BCUT2D eigenvalue weighted by Crippen LogP contribution is 2.27. The summed E-state index contributed by atoms with van der Waals surface area (Å²) < 4.78 is 1.88. The summed E-state index contributed by atoms with van der Waals surface area (Å²) in [4.78, 5) is 4.66. The van der Waals surface area contributed by atoms with Crippen LogP contribution in [0, 0.1) is 0 Å². The van der Waals surface area contributed by atoms with E-state index < -0.39 is 0 Å². The predicted molar refractivity (Wildman–Crippen MR) is 77.3 cm³/mol. The van der Waals surface area contributed by atoms with Crippen LogP contribution in [0.2, 0.25) is 0 Å². The van der Waals surface area contributed by atoms with Crippen LogP contribution in [-0.4, -0.2) is 21.3 Å². The van der Waals surface area contributed by atoms with Gasteiger partial charge in [-0.05, 0) is 36.6 Å². The van der Waals surface area contributed by atoms with Crippen molar-refractivity contribution in [1.82, 2.24) is 14.8 Å². The molecule has 1 aromatic heterocycles. The molecule has 0 spiro atoms. The van der Waals surface area contributed by atoms with Gasteiger partial charge in [0.1, 0.15) is 0 Å². The second-order valence-electron chi connectivity index (χ2n) is 5.47. The Morgan fingerprint density at radius 1 is 1.32 bits per heavy atom. The summed E-state index contributed by atoms with van der Waals surface area (Å²) >= 11 is 0. The van der Waals surface area contributed by atoms with Crippen molar-refractivity contribution in [2.75, 3.05) is 11.9 Å². The number of aromatic nitrogens is 3. The number of fused-ring (bicyclic) bond motifs is 1. The number of hydrogen-bond donors (Lipinski definition) is 1. The van der Waals surface area contributed by atoms with E-state index >= 15 is 0 Å². The van der Waals surface area contributed by atoms with Crippen LogP contribution in [0.25, 0.3) is 11.4 Å². The third kappa shape index (κ3) is 2.23. The lowest BCUT2D eigenvalue weighted by molar-refractivity contribution is 0.712. The first-order valence-corrected chi connectivity index (χ1v) is 6.93. The Kier molecular flexibility index (Phi) is 3.01. The smallest absolute Gasteiger partial charge is 0.158 e. The molecule has 1 aromatic carbocycles. The van der Waals surface area contributed by atoms with Gasteiger partial charge in [0.15, 0.2) is 11.6 Å². The summed E-state index contributed by atoms with van der Waals surface area (Å²) in [5.74, 6) is 2.23.